The number of methoxy groups -OCH3 is 1. The molecule has 0 saturated carbocycles. The van der Waals surface area contributed by atoms with Gasteiger partial charge in [0, 0.05) is 57.8 Å². The second-order valence-electron chi connectivity index (χ2n) is 6.26. The van der Waals surface area contributed by atoms with Crippen molar-refractivity contribution in [2.24, 2.45) is 0 Å². The lowest BCUT2D eigenvalue weighted by Crippen LogP contribution is -2.41. The molecule has 1 aliphatic heterocycles. The number of benzene rings is 1. The number of hydrogen-bond acceptors (Lipinski definition) is 6. The zero-order valence-corrected chi connectivity index (χ0v) is 14.5. The smallest absolute Gasteiger partial charge is 0.222 e. The lowest BCUT2D eigenvalue weighted by molar-refractivity contribution is -0.0360. The van der Waals surface area contributed by atoms with Crippen LogP contribution in [0.4, 0.5) is 10.3 Å². The van der Waals surface area contributed by atoms with E-state index in [0.29, 0.717) is 18.3 Å². The van der Waals surface area contributed by atoms with Crippen LogP contribution in [0.2, 0.25) is 0 Å². The van der Waals surface area contributed by atoms with E-state index in [1.807, 2.05) is 12.4 Å². The monoisotopic (exact) mass is 346 g/mol. The molecular formula is C18H23FN4O2. The first-order valence-corrected chi connectivity index (χ1v) is 8.27. The highest BCUT2D eigenvalue weighted by molar-refractivity contribution is 5.24. The molecule has 0 radical (unpaired) electrons. The maximum Gasteiger partial charge on any atom is 0.222 e. The third-order valence-electron chi connectivity index (χ3n) is 4.46. The molecular weight excluding hydrogens is 323 g/mol. The lowest BCUT2D eigenvalue weighted by Gasteiger charge is -2.28. The highest BCUT2D eigenvalue weighted by atomic mass is 19.1. The van der Waals surface area contributed by atoms with Crippen molar-refractivity contribution in [3.63, 3.8) is 0 Å². The van der Waals surface area contributed by atoms with Crippen LogP contribution >= 0.6 is 0 Å². The number of rotatable bonds is 7. The van der Waals surface area contributed by atoms with E-state index >= 15 is 0 Å². The predicted octanol–water partition coefficient (Wildman–Crippen LogP) is 2.33. The zero-order valence-electron chi connectivity index (χ0n) is 14.5. The minimum Gasteiger partial charge on any atom is -0.490 e. The summed E-state index contributed by atoms with van der Waals surface area (Å²) >= 11 is 0. The Bertz CT molecular complexity index is 698. The van der Waals surface area contributed by atoms with Crippen molar-refractivity contribution in [1.29, 1.82) is 0 Å². The summed E-state index contributed by atoms with van der Waals surface area (Å²) in [7, 11) is 3.49. The molecule has 3 rings (SSSR count). The first kappa shape index (κ1) is 17.6. The van der Waals surface area contributed by atoms with Crippen LogP contribution in [0.1, 0.15) is 12.0 Å². The maximum atomic E-state index is 13.3. The molecule has 1 aromatic heterocycles. The standard InChI is InChI=1S/C18H23FN4O2/c1-20-17-21-9-14(10-22-17)11-23-7-6-18(12-23,24-2)13-25-16-5-3-4-15(19)8-16/h3-5,8-10H,6-7,11-13H2,1-2H3,(H,20,21,22)/t18-/m0/s1. The van der Waals surface area contributed by atoms with Crippen molar-refractivity contribution in [1.82, 2.24) is 14.9 Å². The van der Waals surface area contributed by atoms with Gasteiger partial charge >= 0.3 is 0 Å². The Morgan fingerprint density at radius 2 is 2.12 bits per heavy atom. The highest BCUT2D eigenvalue weighted by Gasteiger charge is 2.39. The topological polar surface area (TPSA) is 59.5 Å². The Morgan fingerprint density at radius 1 is 1.32 bits per heavy atom. The van der Waals surface area contributed by atoms with E-state index in [1.165, 1.54) is 12.1 Å². The van der Waals surface area contributed by atoms with Gasteiger partial charge in [0.05, 0.1) is 0 Å². The Balaban J connectivity index is 1.57. The van der Waals surface area contributed by atoms with Crippen molar-refractivity contribution in [2.45, 2.75) is 18.6 Å². The molecule has 1 aromatic carbocycles. The number of nitrogens with zero attached hydrogens (tertiary/aromatic N) is 3. The summed E-state index contributed by atoms with van der Waals surface area (Å²) in [4.78, 5) is 10.8. The Labute approximate surface area is 147 Å². The number of ether oxygens (including phenoxy) is 2. The maximum absolute atomic E-state index is 13.3. The molecule has 1 N–H and O–H groups in total. The summed E-state index contributed by atoms with van der Waals surface area (Å²) in [5.41, 5.74) is 0.662. The molecule has 7 heteroatoms. The fraction of sp³-hybridized carbons (Fsp3) is 0.444. The van der Waals surface area contributed by atoms with Crippen molar-refractivity contribution < 1.29 is 13.9 Å². The summed E-state index contributed by atoms with van der Waals surface area (Å²) in [6, 6.07) is 6.17. The number of likely N-dealkylation sites (tertiary alicyclic amines) is 1. The van der Waals surface area contributed by atoms with Crippen LogP contribution in [0.3, 0.4) is 0 Å². The van der Waals surface area contributed by atoms with Crippen LogP contribution in [0.25, 0.3) is 0 Å². The van der Waals surface area contributed by atoms with Crippen molar-refractivity contribution >= 4 is 5.95 Å². The molecule has 0 amide bonds. The summed E-state index contributed by atoms with van der Waals surface area (Å²) in [5, 5.41) is 2.91. The van der Waals surface area contributed by atoms with Crippen LogP contribution < -0.4 is 10.1 Å². The molecule has 1 aliphatic rings. The molecule has 0 spiro atoms. The summed E-state index contributed by atoms with van der Waals surface area (Å²) in [5.74, 6) is 0.827. The Kier molecular flexibility index (Phi) is 5.45. The van der Waals surface area contributed by atoms with Gasteiger partial charge in [-0.3, -0.25) is 4.90 Å². The third-order valence-corrected chi connectivity index (χ3v) is 4.46. The molecule has 0 unspecified atom stereocenters. The van der Waals surface area contributed by atoms with Crippen LogP contribution in [0.5, 0.6) is 5.75 Å². The number of hydrogen-bond donors (Lipinski definition) is 1. The van der Waals surface area contributed by atoms with Crippen LogP contribution in [0.15, 0.2) is 36.7 Å². The van der Waals surface area contributed by atoms with Crippen LogP contribution in [0, 0.1) is 5.82 Å². The van der Waals surface area contributed by atoms with Gasteiger partial charge in [0.25, 0.3) is 0 Å². The van der Waals surface area contributed by atoms with Gasteiger partial charge in [-0.25, -0.2) is 14.4 Å². The summed E-state index contributed by atoms with van der Waals surface area (Å²) in [6.45, 7) is 2.79. The van der Waals surface area contributed by atoms with Crippen LogP contribution in [-0.4, -0.2) is 54.3 Å². The predicted molar refractivity (Wildman–Crippen MR) is 93.1 cm³/mol. The van der Waals surface area contributed by atoms with Gasteiger partial charge < -0.3 is 14.8 Å². The van der Waals surface area contributed by atoms with E-state index in [0.717, 1.165) is 31.6 Å². The number of aromatic nitrogens is 2. The molecule has 2 heterocycles. The Hall–Kier alpha value is -2.25. The van der Waals surface area contributed by atoms with Crippen LogP contribution in [-0.2, 0) is 11.3 Å². The molecule has 25 heavy (non-hydrogen) atoms. The van der Waals surface area contributed by atoms with Gasteiger partial charge in [-0.1, -0.05) is 6.07 Å². The number of halogens is 1. The van der Waals surface area contributed by atoms with E-state index in [2.05, 4.69) is 20.2 Å². The second-order valence-corrected chi connectivity index (χ2v) is 6.26. The van der Waals surface area contributed by atoms with E-state index in [4.69, 9.17) is 9.47 Å². The molecule has 1 fully saturated rings. The SMILES string of the molecule is CNc1ncc(CN2CC[C@](COc3cccc(F)c3)(OC)C2)cn1. The molecule has 1 atom stereocenters. The normalized spacial score (nSPS) is 20.6. The second kappa shape index (κ2) is 7.76. The first-order chi connectivity index (χ1) is 12.1. The van der Waals surface area contributed by atoms with Gasteiger partial charge in [-0.2, -0.15) is 0 Å². The lowest BCUT2D eigenvalue weighted by atomic mass is 10.0. The summed E-state index contributed by atoms with van der Waals surface area (Å²) in [6.07, 6.45) is 4.51. The van der Waals surface area contributed by atoms with Crippen molar-refractivity contribution in [3.8, 4) is 5.75 Å². The molecule has 0 bridgehead atoms. The zero-order chi connectivity index (χ0) is 17.7. The average Bonchev–Trinajstić information content (AvgIpc) is 3.04. The van der Waals surface area contributed by atoms with Crippen molar-refractivity contribution in [3.05, 3.63) is 48.0 Å². The summed E-state index contributed by atoms with van der Waals surface area (Å²) < 4.78 is 24.8. The Morgan fingerprint density at radius 3 is 2.80 bits per heavy atom. The van der Waals surface area contributed by atoms with E-state index in [-0.39, 0.29) is 5.82 Å². The highest BCUT2D eigenvalue weighted by Crippen LogP contribution is 2.27. The fourth-order valence-electron chi connectivity index (χ4n) is 3.00. The molecule has 2 aromatic rings. The van der Waals surface area contributed by atoms with E-state index < -0.39 is 5.60 Å². The van der Waals surface area contributed by atoms with Crippen molar-refractivity contribution in [2.75, 3.05) is 39.2 Å². The average molecular weight is 346 g/mol. The molecule has 6 nitrogen and oxygen atoms in total. The quantitative estimate of drug-likeness (QED) is 0.830. The van der Waals surface area contributed by atoms with Gasteiger partial charge in [0.1, 0.15) is 23.8 Å². The van der Waals surface area contributed by atoms with E-state index in [9.17, 15) is 4.39 Å². The minimum absolute atomic E-state index is 0.304. The van der Waals surface area contributed by atoms with Gasteiger partial charge in [-0.05, 0) is 18.6 Å². The third kappa shape index (κ3) is 4.43. The number of nitrogens with one attached hydrogen (secondary N) is 1. The fourth-order valence-corrected chi connectivity index (χ4v) is 3.00. The largest absolute Gasteiger partial charge is 0.490 e. The molecule has 0 aliphatic carbocycles. The molecule has 134 valence electrons. The van der Waals surface area contributed by atoms with Gasteiger partial charge in [0.15, 0.2) is 0 Å². The molecule has 1 saturated heterocycles. The minimum atomic E-state index is -0.391. The first-order valence-electron chi connectivity index (χ1n) is 8.27. The number of anilines is 1. The van der Waals surface area contributed by atoms with Gasteiger partial charge in [0.2, 0.25) is 5.95 Å². The van der Waals surface area contributed by atoms with E-state index in [1.54, 1.807) is 26.3 Å². The van der Waals surface area contributed by atoms with Gasteiger partial charge in [-0.15, -0.1) is 0 Å².